The van der Waals surface area contributed by atoms with E-state index < -0.39 is 5.97 Å². The van der Waals surface area contributed by atoms with E-state index in [0.29, 0.717) is 0 Å². The second-order valence-electron chi connectivity index (χ2n) is 6.09. The zero-order valence-corrected chi connectivity index (χ0v) is 12.4. The van der Waals surface area contributed by atoms with Crippen molar-refractivity contribution < 1.29 is 9.90 Å². The van der Waals surface area contributed by atoms with E-state index in [0.717, 1.165) is 55.5 Å². The highest BCUT2D eigenvalue weighted by Crippen LogP contribution is 2.44. The molecule has 0 aliphatic heterocycles. The van der Waals surface area contributed by atoms with Crippen LogP contribution in [0.5, 0.6) is 0 Å². The Morgan fingerprint density at radius 3 is 2.86 bits per heavy atom. The normalized spacial score (nSPS) is 17.4. The molecule has 0 radical (unpaired) electrons. The van der Waals surface area contributed by atoms with Crippen molar-refractivity contribution in [2.45, 2.75) is 52.0 Å². The number of aliphatic carboxylic acids is 1. The predicted octanol–water partition coefficient (Wildman–Crippen LogP) is 3.03. The number of carboxylic acids is 1. The van der Waals surface area contributed by atoms with E-state index in [4.69, 9.17) is 4.98 Å². The lowest BCUT2D eigenvalue weighted by Gasteiger charge is -2.27. The molecular formula is C16H21N3O2. The maximum Gasteiger partial charge on any atom is 0.303 e. The van der Waals surface area contributed by atoms with Crippen LogP contribution in [-0.2, 0) is 17.8 Å². The molecule has 1 aliphatic rings. The number of nitrogens with zero attached hydrogens (tertiary/aromatic N) is 3. The van der Waals surface area contributed by atoms with Crippen molar-refractivity contribution in [3.63, 3.8) is 0 Å². The van der Waals surface area contributed by atoms with Crippen LogP contribution in [0.25, 0.3) is 11.0 Å². The number of aromatic nitrogens is 3. The Bertz CT molecular complexity index is 657. The standard InChI is InChI=1S/C16H21N3O2/c1-2-19-13-5-8-17-11-12(13)18-14(19)9-16(10-15(20)21)6-3-4-7-16/h5,8,11H,2-4,6-7,9-10H2,1H3,(H,20,21). The molecule has 1 fully saturated rings. The SMILES string of the molecule is CCn1c(CC2(CC(=O)O)CCCC2)nc2cnccc21. The fourth-order valence-electron chi connectivity index (χ4n) is 3.72. The Hall–Kier alpha value is -1.91. The van der Waals surface area contributed by atoms with Crippen molar-refractivity contribution in [1.82, 2.24) is 14.5 Å². The first-order valence-corrected chi connectivity index (χ1v) is 7.64. The van der Waals surface area contributed by atoms with E-state index in [-0.39, 0.29) is 11.8 Å². The number of carbonyl (C=O) groups is 1. The number of hydrogen-bond donors (Lipinski definition) is 1. The first-order chi connectivity index (χ1) is 10.1. The fraction of sp³-hybridized carbons (Fsp3) is 0.562. The number of imidazole rings is 1. The maximum atomic E-state index is 11.2. The quantitative estimate of drug-likeness (QED) is 0.917. The fourth-order valence-corrected chi connectivity index (χ4v) is 3.72. The van der Waals surface area contributed by atoms with Crippen LogP contribution in [0, 0.1) is 5.41 Å². The minimum absolute atomic E-state index is 0.118. The van der Waals surface area contributed by atoms with Crippen molar-refractivity contribution in [2.24, 2.45) is 5.41 Å². The van der Waals surface area contributed by atoms with Gasteiger partial charge in [-0.25, -0.2) is 4.98 Å². The van der Waals surface area contributed by atoms with Crippen molar-refractivity contribution in [2.75, 3.05) is 0 Å². The average molecular weight is 287 g/mol. The molecule has 0 amide bonds. The molecule has 2 heterocycles. The van der Waals surface area contributed by atoms with Crippen molar-refractivity contribution >= 4 is 17.0 Å². The molecule has 1 aliphatic carbocycles. The van der Waals surface area contributed by atoms with Gasteiger partial charge in [-0.05, 0) is 31.2 Å². The van der Waals surface area contributed by atoms with Gasteiger partial charge < -0.3 is 9.67 Å². The van der Waals surface area contributed by atoms with Gasteiger partial charge in [0.2, 0.25) is 0 Å². The summed E-state index contributed by atoms with van der Waals surface area (Å²) in [7, 11) is 0. The van der Waals surface area contributed by atoms with Gasteiger partial charge in [-0.3, -0.25) is 9.78 Å². The maximum absolute atomic E-state index is 11.2. The highest BCUT2D eigenvalue weighted by molar-refractivity contribution is 5.74. The third-order valence-electron chi connectivity index (χ3n) is 4.67. The van der Waals surface area contributed by atoms with Crippen LogP contribution in [0.2, 0.25) is 0 Å². The Morgan fingerprint density at radius 2 is 2.19 bits per heavy atom. The molecule has 5 heteroatoms. The minimum Gasteiger partial charge on any atom is -0.481 e. The van der Waals surface area contributed by atoms with Gasteiger partial charge in [-0.2, -0.15) is 0 Å². The molecule has 2 aromatic rings. The lowest BCUT2D eigenvalue weighted by Crippen LogP contribution is -2.25. The molecule has 1 N–H and O–H groups in total. The summed E-state index contributed by atoms with van der Waals surface area (Å²) in [6, 6.07) is 1.98. The highest BCUT2D eigenvalue weighted by atomic mass is 16.4. The van der Waals surface area contributed by atoms with Gasteiger partial charge in [0.05, 0.1) is 18.1 Å². The average Bonchev–Trinajstić information content (AvgIpc) is 3.02. The van der Waals surface area contributed by atoms with Gasteiger partial charge in [-0.1, -0.05) is 12.8 Å². The first kappa shape index (κ1) is 14.0. The molecule has 0 aromatic carbocycles. The monoisotopic (exact) mass is 287 g/mol. The van der Waals surface area contributed by atoms with Gasteiger partial charge in [0.25, 0.3) is 0 Å². The number of aryl methyl sites for hydroxylation is 1. The summed E-state index contributed by atoms with van der Waals surface area (Å²) in [4.78, 5) is 20.1. The molecular weight excluding hydrogens is 266 g/mol. The molecule has 2 aromatic heterocycles. The van der Waals surface area contributed by atoms with Crippen LogP contribution in [0.4, 0.5) is 0 Å². The summed E-state index contributed by atoms with van der Waals surface area (Å²) >= 11 is 0. The number of pyridine rings is 1. The zero-order valence-electron chi connectivity index (χ0n) is 12.4. The second kappa shape index (κ2) is 5.47. The van der Waals surface area contributed by atoms with Gasteiger partial charge in [0.15, 0.2) is 0 Å². The van der Waals surface area contributed by atoms with E-state index in [2.05, 4.69) is 16.5 Å². The van der Waals surface area contributed by atoms with Crippen LogP contribution >= 0.6 is 0 Å². The predicted molar refractivity (Wildman–Crippen MR) is 80.1 cm³/mol. The summed E-state index contributed by atoms with van der Waals surface area (Å²) in [5, 5.41) is 9.25. The number of hydrogen-bond acceptors (Lipinski definition) is 3. The Labute approximate surface area is 124 Å². The molecule has 0 spiro atoms. The van der Waals surface area contributed by atoms with Crippen molar-refractivity contribution in [1.29, 1.82) is 0 Å². The summed E-state index contributed by atoms with van der Waals surface area (Å²) in [5.41, 5.74) is 1.87. The Balaban J connectivity index is 1.97. The third-order valence-corrected chi connectivity index (χ3v) is 4.67. The topological polar surface area (TPSA) is 68.0 Å². The molecule has 1 saturated carbocycles. The summed E-state index contributed by atoms with van der Waals surface area (Å²) in [6.07, 6.45) is 8.79. The molecule has 21 heavy (non-hydrogen) atoms. The molecule has 0 saturated heterocycles. The van der Waals surface area contributed by atoms with Gasteiger partial charge in [0, 0.05) is 19.2 Å². The summed E-state index contributed by atoms with van der Waals surface area (Å²) in [5.74, 6) is 0.307. The Morgan fingerprint density at radius 1 is 1.43 bits per heavy atom. The van der Waals surface area contributed by atoms with Crippen molar-refractivity contribution in [3.8, 4) is 0 Å². The number of carboxylic acid groups (broad SMARTS) is 1. The number of rotatable bonds is 5. The zero-order chi connectivity index (χ0) is 14.9. The first-order valence-electron chi connectivity index (χ1n) is 7.64. The van der Waals surface area contributed by atoms with Gasteiger partial charge in [-0.15, -0.1) is 0 Å². The summed E-state index contributed by atoms with van der Waals surface area (Å²) in [6.45, 7) is 2.95. The van der Waals surface area contributed by atoms with Crippen LogP contribution in [0.15, 0.2) is 18.5 Å². The second-order valence-corrected chi connectivity index (χ2v) is 6.09. The molecule has 3 rings (SSSR count). The van der Waals surface area contributed by atoms with E-state index in [9.17, 15) is 9.90 Å². The smallest absolute Gasteiger partial charge is 0.303 e. The molecule has 0 unspecified atom stereocenters. The third kappa shape index (κ3) is 2.64. The van der Waals surface area contributed by atoms with E-state index in [1.54, 1.807) is 12.4 Å². The van der Waals surface area contributed by atoms with Gasteiger partial charge >= 0.3 is 5.97 Å². The Kier molecular flexibility index (Phi) is 3.66. The molecule has 5 nitrogen and oxygen atoms in total. The largest absolute Gasteiger partial charge is 0.481 e. The van der Waals surface area contributed by atoms with E-state index in [1.165, 1.54) is 0 Å². The number of fused-ring (bicyclic) bond motifs is 1. The lowest BCUT2D eigenvalue weighted by molar-refractivity contribution is -0.139. The highest BCUT2D eigenvalue weighted by Gasteiger charge is 2.37. The minimum atomic E-state index is -0.697. The van der Waals surface area contributed by atoms with E-state index in [1.807, 2.05) is 6.07 Å². The molecule has 0 atom stereocenters. The van der Waals surface area contributed by atoms with Crippen LogP contribution in [-0.4, -0.2) is 25.6 Å². The van der Waals surface area contributed by atoms with E-state index >= 15 is 0 Å². The van der Waals surface area contributed by atoms with Gasteiger partial charge in [0.1, 0.15) is 11.3 Å². The molecule has 0 bridgehead atoms. The van der Waals surface area contributed by atoms with Crippen LogP contribution in [0.3, 0.4) is 0 Å². The summed E-state index contributed by atoms with van der Waals surface area (Å²) < 4.78 is 2.19. The molecule has 112 valence electrons. The van der Waals surface area contributed by atoms with Crippen molar-refractivity contribution in [3.05, 3.63) is 24.3 Å². The lowest BCUT2D eigenvalue weighted by atomic mass is 9.79. The van der Waals surface area contributed by atoms with Crippen LogP contribution < -0.4 is 0 Å². The van der Waals surface area contributed by atoms with Crippen LogP contribution in [0.1, 0.15) is 44.9 Å².